The summed E-state index contributed by atoms with van der Waals surface area (Å²) in [4.78, 5) is 14.8. The largest absolute Gasteiger partial charge is 0.378 e. The van der Waals surface area contributed by atoms with Crippen molar-refractivity contribution in [2.45, 2.75) is 44.9 Å². The third kappa shape index (κ3) is 6.12. The minimum absolute atomic E-state index is 0.0196. The maximum Gasteiger partial charge on any atom is 0.230 e. The number of hydrogen-bond acceptors (Lipinski definition) is 6. The fourth-order valence-corrected chi connectivity index (χ4v) is 4.27. The van der Waals surface area contributed by atoms with E-state index in [0.29, 0.717) is 29.9 Å². The molecule has 1 saturated heterocycles. The highest BCUT2D eigenvalue weighted by atomic mass is 35.5. The summed E-state index contributed by atoms with van der Waals surface area (Å²) in [6.07, 6.45) is 0.808. The van der Waals surface area contributed by atoms with Crippen LogP contribution in [0.3, 0.4) is 0 Å². The molecule has 0 saturated carbocycles. The molecule has 1 atom stereocenters. The average Bonchev–Trinajstić information content (AvgIpc) is 3.13. The number of anilines is 1. The summed E-state index contributed by atoms with van der Waals surface area (Å²) in [7, 11) is 0. The maximum atomic E-state index is 12.6. The number of hydrogen-bond donors (Lipinski definition) is 1. The molecule has 0 bridgehead atoms. The van der Waals surface area contributed by atoms with Gasteiger partial charge < -0.3 is 15.0 Å². The predicted molar refractivity (Wildman–Crippen MR) is 121 cm³/mol. The van der Waals surface area contributed by atoms with Gasteiger partial charge in [-0.3, -0.25) is 9.36 Å². The number of nitrogens with zero attached hydrogens (tertiary/aromatic N) is 4. The van der Waals surface area contributed by atoms with Crippen LogP contribution in [0.15, 0.2) is 29.4 Å². The summed E-state index contributed by atoms with van der Waals surface area (Å²) >= 11 is 7.41. The van der Waals surface area contributed by atoms with Crippen LogP contribution in [0.4, 0.5) is 5.95 Å². The zero-order valence-electron chi connectivity index (χ0n) is 17.8. The van der Waals surface area contributed by atoms with Crippen molar-refractivity contribution in [1.82, 2.24) is 20.1 Å². The number of aromatic nitrogens is 3. The van der Waals surface area contributed by atoms with Crippen LogP contribution in [0.2, 0.25) is 5.02 Å². The van der Waals surface area contributed by atoms with E-state index in [4.69, 9.17) is 16.3 Å². The molecule has 1 aliphatic heterocycles. The number of carbonyl (C=O) groups excluding carboxylic acids is 1. The molecule has 3 rings (SSSR count). The monoisotopic (exact) mass is 451 g/mol. The van der Waals surface area contributed by atoms with Gasteiger partial charge in [-0.1, -0.05) is 56.3 Å². The third-order valence-corrected chi connectivity index (χ3v) is 6.11. The lowest BCUT2D eigenvalue weighted by Gasteiger charge is -2.28. The Hall–Kier alpha value is -1.77. The molecule has 0 spiro atoms. The standard InChI is InChI=1S/C21H30ClN5O2S/c1-4-18(16-5-7-17(22)8-6-16)23-19(28)14-30-21-25-24-20(27(21)13-15(2)3)26-9-11-29-12-10-26/h5-8,15,18H,4,9-14H2,1-3H3,(H,23,28). The molecule has 1 N–H and O–H groups in total. The number of benzene rings is 1. The second-order valence-electron chi connectivity index (χ2n) is 7.76. The fraction of sp³-hybridized carbons (Fsp3) is 0.571. The molecular weight excluding hydrogens is 422 g/mol. The number of thioether (sulfide) groups is 1. The smallest absolute Gasteiger partial charge is 0.230 e. The quantitative estimate of drug-likeness (QED) is 0.585. The molecule has 164 valence electrons. The second-order valence-corrected chi connectivity index (χ2v) is 9.13. The van der Waals surface area contributed by atoms with E-state index in [1.54, 1.807) is 0 Å². The highest BCUT2D eigenvalue weighted by Gasteiger charge is 2.22. The Morgan fingerprint density at radius 1 is 1.23 bits per heavy atom. The Kier molecular flexibility index (Phi) is 8.41. The molecule has 7 nitrogen and oxygen atoms in total. The number of carbonyl (C=O) groups is 1. The Bertz CT molecular complexity index is 821. The van der Waals surface area contributed by atoms with Crippen molar-refractivity contribution in [2.75, 3.05) is 37.0 Å². The lowest BCUT2D eigenvalue weighted by Crippen LogP contribution is -2.38. The van der Waals surface area contributed by atoms with Crippen molar-refractivity contribution in [3.05, 3.63) is 34.9 Å². The first-order valence-corrected chi connectivity index (χ1v) is 11.8. The van der Waals surface area contributed by atoms with Gasteiger partial charge in [0.25, 0.3) is 0 Å². The minimum atomic E-state index is -0.0344. The molecule has 1 amide bonds. The SMILES string of the molecule is CCC(NC(=O)CSc1nnc(N2CCOCC2)n1CC(C)C)c1ccc(Cl)cc1. The first-order valence-electron chi connectivity index (χ1n) is 10.4. The van der Waals surface area contributed by atoms with Crippen molar-refractivity contribution >= 4 is 35.2 Å². The van der Waals surface area contributed by atoms with Crippen molar-refractivity contribution in [2.24, 2.45) is 5.92 Å². The van der Waals surface area contributed by atoms with Gasteiger partial charge in [0.1, 0.15) is 0 Å². The van der Waals surface area contributed by atoms with Crippen LogP contribution in [-0.2, 0) is 16.1 Å². The van der Waals surface area contributed by atoms with E-state index < -0.39 is 0 Å². The highest BCUT2D eigenvalue weighted by Crippen LogP contribution is 2.25. The zero-order chi connectivity index (χ0) is 21.5. The van der Waals surface area contributed by atoms with E-state index in [1.807, 2.05) is 24.3 Å². The van der Waals surface area contributed by atoms with E-state index in [9.17, 15) is 4.79 Å². The normalized spacial score (nSPS) is 15.4. The predicted octanol–water partition coefficient (Wildman–Crippen LogP) is 3.78. The molecule has 2 aromatic rings. The van der Waals surface area contributed by atoms with Crippen LogP contribution in [0.1, 0.15) is 38.8 Å². The van der Waals surface area contributed by atoms with Gasteiger partial charge in [0.15, 0.2) is 5.16 Å². The number of halogens is 1. The molecule has 9 heteroatoms. The summed E-state index contributed by atoms with van der Waals surface area (Å²) in [5.41, 5.74) is 1.05. The average molecular weight is 452 g/mol. The summed E-state index contributed by atoms with van der Waals surface area (Å²) in [6, 6.07) is 7.58. The summed E-state index contributed by atoms with van der Waals surface area (Å²) in [5.74, 6) is 1.59. The second kappa shape index (κ2) is 11.0. The lowest BCUT2D eigenvalue weighted by molar-refractivity contribution is -0.119. The summed E-state index contributed by atoms with van der Waals surface area (Å²) < 4.78 is 7.58. The Balaban J connectivity index is 1.64. The number of nitrogens with one attached hydrogen (secondary N) is 1. The van der Waals surface area contributed by atoms with Crippen LogP contribution in [-0.4, -0.2) is 52.7 Å². The Morgan fingerprint density at radius 2 is 1.93 bits per heavy atom. The van der Waals surface area contributed by atoms with Crippen LogP contribution >= 0.6 is 23.4 Å². The van der Waals surface area contributed by atoms with Crippen LogP contribution in [0.5, 0.6) is 0 Å². The number of amides is 1. The van der Waals surface area contributed by atoms with Crippen LogP contribution in [0, 0.1) is 5.92 Å². The van der Waals surface area contributed by atoms with Crippen LogP contribution < -0.4 is 10.2 Å². The first kappa shape index (κ1) is 22.9. The van der Waals surface area contributed by atoms with E-state index in [1.165, 1.54) is 11.8 Å². The topological polar surface area (TPSA) is 72.3 Å². The summed E-state index contributed by atoms with van der Waals surface area (Å²) in [6.45, 7) is 10.2. The van der Waals surface area contributed by atoms with E-state index in [0.717, 1.165) is 42.7 Å². The van der Waals surface area contributed by atoms with Gasteiger partial charge in [-0.25, -0.2) is 0 Å². The molecule has 1 fully saturated rings. The number of rotatable bonds is 9. The molecule has 0 radical (unpaired) electrons. The van der Waals surface area contributed by atoms with Crippen molar-refractivity contribution in [3.63, 3.8) is 0 Å². The van der Waals surface area contributed by atoms with Gasteiger partial charge >= 0.3 is 0 Å². The molecule has 1 aromatic carbocycles. The fourth-order valence-electron chi connectivity index (χ4n) is 3.39. The van der Waals surface area contributed by atoms with Gasteiger partial charge in [0.05, 0.1) is 25.0 Å². The maximum absolute atomic E-state index is 12.6. The molecule has 0 aliphatic carbocycles. The number of morpholine rings is 1. The van der Waals surface area contributed by atoms with Gasteiger partial charge in [-0.15, -0.1) is 10.2 Å². The minimum Gasteiger partial charge on any atom is -0.378 e. The molecular formula is C21H30ClN5O2S. The van der Waals surface area contributed by atoms with E-state index >= 15 is 0 Å². The first-order chi connectivity index (χ1) is 14.5. The van der Waals surface area contributed by atoms with Crippen molar-refractivity contribution in [1.29, 1.82) is 0 Å². The summed E-state index contributed by atoms with van der Waals surface area (Å²) in [5, 5.41) is 13.4. The molecule has 2 heterocycles. The lowest BCUT2D eigenvalue weighted by atomic mass is 10.0. The number of ether oxygens (including phenoxy) is 1. The van der Waals surface area contributed by atoms with Gasteiger partial charge in [0, 0.05) is 24.7 Å². The Morgan fingerprint density at radius 3 is 2.57 bits per heavy atom. The van der Waals surface area contributed by atoms with Crippen molar-refractivity contribution in [3.8, 4) is 0 Å². The zero-order valence-corrected chi connectivity index (χ0v) is 19.4. The molecule has 1 aromatic heterocycles. The van der Waals surface area contributed by atoms with E-state index in [2.05, 4.69) is 45.8 Å². The van der Waals surface area contributed by atoms with Gasteiger partial charge in [-0.05, 0) is 30.0 Å². The van der Waals surface area contributed by atoms with E-state index in [-0.39, 0.29) is 11.9 Å². The third-order valence-electron chi connectivity index (χ3n) is 4.89. The van der Waals surface area contributed by atoms with Gasteiger partial charge in [0.2, 0.25) is 11.9 Å². The van der Waals surface area contributed by atoms with Crippen molar-refractivity contribution < 1.29 is 9.53 Å². The molecule has 1 unspecified atom stereocenters. The Labute approximate surface area is 187 Å². The molecule has 30 heavy (non-hydrogen) atoms. The van der Waals surface area contributed by atoms with Gasteiger partial charge in [-0.2, -0.15) is 0 Å². The highest BCUT2D eigenvalue weighted by molar-refractivity contribution is 7.99. The molecule has 1 aliphatic rings. The van der Waals surface area contributed by atoms with Crippen LogP contribution in [0.25, 0.3) is 0 Å².